The maximum absolute atomic E-state index is 6.31. The van der Waals surface area contributed by atoms with Crippen molar-refractivity contribution in [1.29, 1.82) is 0 Å². The molecular weight excluding hydrogens is 222 g/mol. The summed E-state index contributed by atoms with van der Waals surface area (Å²) in [6.07, 6.45) is 1.58. The van der Waals surface area contributed by atoms with Crippen LogP contribution in [0, 0.1) is 23.7 Å². The minimum absolute atomic E-state index is 0.403. The lowest BCUT2D eigenvalue weighted by Gasteiger charge is -2.33. The average molecular weight is 255 g/mol. The number of hydrogen-bond donors (Lipinski definition) is 0. The van der Waals surface area contributed by atoms with Crippen molar-refractivity contribution in [3.63, 3.8) is 0 Å². The average Bonchev–Trinajstić information content (AvgIpc) is 2.55. The zero-order valence-corrected chi connectivity index (χ0v) is 13.6. The second kappa shape index (κ2) is 6.38. The van der Waals surface area contributed by atoms with Crippen molar-refractivity contribution in [1.82, 2.24) is 5.06 Å². The Labute approximate surface area is 114 Å². The van der Waals surface area contributed by atoms with Crippen molar-refractivity contribution < 1.29 is 4.84 Å². The third-order valence-corrected chi connectivity index (χ3v) is 4.04. The summed E-state index contributed by atoms with van der Waals surface area (Å²) >= 11 is 0. The molecule has 0 aliphatic carbocycles. The van der Waals surface area contributed by atoms with Gasteiger partial charge >= 0.3 is 0 Å². The van der Waals surface area contributed by atoms with E-state index in [2.05, 4.69) is 60.5 Å². The van der Waals surface area contributed by atoms with Gasteiger partial charge in [0.25, 0.3) is 0 Å². The molecule has 0 aromatic rings. The van der Waals surface area contributed by atoms with Crippen LogP contribution in [0.2, 0.25) is 0 Å². The lowest BCUT2D eigenvalue weighted by molar-refractivity contribution is -0.190. The van der Waals surface area contributed by atoms with Gasteiger partial charge in [-0.1, -0.05) is 41.5 Å². The summed E-state index contributed by atoms with van der Waals surface area (Å²) < 4.78 is 0. The Morgan fingerprint density at radius 2 is 1.44 bits per heavy atom. The van der Waals surface area contributed by atoms with Crippen LogP contribution in [0.5, 0.6) is 0 Å². The van der Waals surface area contributed by atoms with Gasteiger partial charge in [0.1, 0.15) is 0 Å². The molecule has 0 bridgehead atoms. The molecule has 3 unspecified atom stereocenters. The Balaban J connectivity index is 2.94. The Morgan fingerprint density at radius 3 is 1.78 bits per heavy atom. The van der Waals surface area contributed by atoms with Crippen LogP contribution in [0.25, 0.3) is 0 Å². The van der Waals surface area contributed by atoms with Crippen LogP contribution in [0.3, 0.4) is 0 Å². The van der Waals surface area contributed by atoms with Gasteiger partial charge in [0, 0.05) is 18.0 Å². The highest BCUT2D eigenvalue weighted by Crippen LogP contribution is 2.40. The van der Waals surface area contributed by atoms with Crippen LogP contribution >= 0.6 is 0 Å². The number of nitrogens with zero attached hydrogens (tertiary/aromatic N) is 1. The van der Waals surface area contributed by atoms with E-state index in [1.165, 1.54) is 6.42 Å². The molecule has 1 aliphatic rings. The molecule has 1 fully saturated rings. The number of rotatable bonds is 5. The predicted molar refractivity (Wildman–Crippen MR) is 78.3 cm³/mol. The van der Waals surface area contributed by atoms with Gasteiger partial charge < -0.3 is 0 Å². The highest BCUT2D eigenvalue weighted by molar-refractivity contribution is 4.92. The lowest BCUT2D eigenvalue weighted by atomic mass is 9.77. The lowest BCUT2D eigenvalue weighted by Crippen LogP contribution is -2.42. The van der Waals surface area contributed by atoms with Crippen LogP contribution < -0.4 is 0 Å². The molecule has 108 valence electrons. The fourth-order valence-corrected chi connectivity index (χ4v) is 3.38. The highest BCUT2D eigenvalue weighted by Gasteiger charge is 2.46. The third-order valence-electron chi connectivity index (χ3n) is 4.04. The van der Waals surface area contributed by atoms with E-state index in [0.717, 1.165) is 0 Å². The Morgan fingerprint density at radius 1 is 0.889 bits per heavy atom. The normalized spacial score (nSPS) is 30.3. The van der Waals surface area contributed by atoms with Crippen molar-refractivity contribution in [2.45, 2.75) is 80.0 Å². The molecular formula is C16H33NO. The molecule has 0 N–H and O–H groups in total. The van der Waals surface area contributed by atoms with Gasteiger partial charge in [-0.2, -0.15) is 5.06 Å². The molecule has 1 heterocycles. The topological polar surface area (TPSA) is 12.5 Å². The van der Waals surface area contributed by atoms with E-state index < -0.39 is 0 Å². The monoisotopic (exact) mass is 255 g/mol. The second-order valence-corrected chi connectivity index (χ2v) is 7.28. The molecule has 0 amide bonds. The summed E-state index contributed by atoms with van der Waals surface area (Å²) in [6.45, 7) is 18.4. The number of hydrogen-bond acceptors (Lipinski definition) is 2. The minimum Gasteiger partial charge on any atom is -0.295 e. The maximum Gasteiger partial charge on any atom is 0.0842 e. The molecule has 0 aromatic heterocycles. The van der Waals surface area contributed by atoms with Crippen molar-refractivity contribution in [2.75, 3.05) is 0 Å². The summed E-state index contributed by atoms with van der Waals surface area (Å²) in [4.78, 5) is 6.31. The van der Waals surface area contributed by atoms with Crippen molar-refractivity contribution in [2.24, 2.45) is 23.7 Å². The zero-order chi connectivity index (χ0) is 14.0. The van der Waals surface area contributed by atoms with E-state index in [1.807, 2.05) is 0 Å². The van der Waals surface area contributed by atoms with Gasteiger partial charge in [-0.15, -0.1) is 0 Å². The molecule has 1 saturated heterocycles. The summed E-state index contributed by atoms with van der Waals surface area (Å²) in [5.41, 5.74) is 0. The molecule has 0 aromatic carbocycles. The van der Waals surface area contributed by atoms with Crippen molar-refractivity contribution in [3.8, 4) is 0 Å². The van der Waals surface area contributed by atoms with Crippen molar-refractivity contribution >= 4 is 0 Å². The zero-order valence-electron chi connectivity index (χ0n) is 13.6. The molecule has 3 atom stereocenters. The van der Waals surface area contributed by atoms with Crippen LogP contribution in [0.4, 0.5) is 0 Å². The molecule has 2 nitrogen and oxygen atoms in total. The summed E-state index contributed by atoms with van der Waals surface area (Å²) in [6, 6.07) is 1.03. The molecule has 1 rings (SSSR count). The van der Waals surface area contributed by atoms with Crippen LogP contribution in [-0.2, 0) is 4.84 Å². The van der Waals surface area contributed by atoms with E-state index in [-0.39, 0.29) is 0 Å². The Kier molecular flexibility index (Phi) is 5.67. The smallest absolute Gasteiger partial charge is 0.0842 e. The standard InChI is InChI=1S/C16H33NO/c1-10(2)9-14-15(11(3)4)16(12(5)6)17(18-14)13(7)8/h10-16H,9H2,1-8H3. The van der Waals surface area contributed by atoms with E-state index in [4.69, 9.17) is 4.84 Å². The third kappa shape index (κ3) is 3.48. The van der Waals surface area contributed by atoms with Gasteiger partial charge in [-0.3, -0.25) is 4.84 Å². The predicted octanol–water partition coefficient (Wildman–Crippen LogP) is 4.35. The minimum atomic E-state index is 0.403. The first kappa shape index (κ1) is 16.0. The molecule has 18 heavy (non-hydrogen) atoms. The largest absolute Gasteiger partial charge is 0.295 e. The van der Waals surface area contributed by atoms with E-state index in [9.17, 15) is 0 Å². The first-order valence-electron chi connectivity index (χ1n) is 7.70. The van der Waals surface area contributed by atoms with Crippen LogP contribution in [0.1, 0.15) is 61.8 Å². The molecule has 0 radical (unpaired) electrons. The van der Waals surface area contributed by atoms with E-state index >= 15 is 0 Å². The van der Waals surface area contributed by atoms with Gasteiger partial charge in [0.05, 0.1) is 6.10 Å². The highest BCUT2D eigenvalue weighted by atomic mass is 16.7. The van der Waals surface area contributed by atoms with Crippen molar-refractivity contribution in [3.05, 3.63) is 0 Å². The van der Waals surface area contributed by atoms with Gasteiger partial charge in [-0.05, 0) is 38.0 Å². The second-order valence-electron chi connectivity index (χ2n) is 7.28. The first-order valence-corrected chi connectivity index (χ1v) is 7.70. The van der Waals surface area contributed by atoms with E-state index in [1.54, 1.807) is 0 Å². The Bertz CT molecular complexity index is 247. The van der Waals surface area contributed by atoms with Crippen LogP contribution in [-0.4, -0.2) is 23.3 Å². The summed E-state index contributed by atoms with van der Waals surface area (Å²) in [5.74, 6) is 2.70. The summed E-state index contributed by atoms with van der Waals surface area (Å²) in [7, 11) is 0. The SMILES string of the molecule is CC(C)CC1ON(C(C)C)C(C(C)C)C1C(C)C. The van der Waals surface area contributed by atoms with Gasteiger partial charge in [0.2, 0.25) is 0 Å². The molecule has 0 saturated carbocycles. The fourth-order valence-electron chi connectivity index (χ4n) is 3.38. The van der Waals surface area contributed by atoms with Crippen LogP contribution in [0.15, 0.2) is 0 Å². The molecule has 1 aliphatic heterocycles. The quantitative estimate of drug-likeness (QED) is 0.724. The summed E-state index contributed by atoms with van der Waals surface area (Å²) in [5, 5.41) is 2.28. The van der Waals surface area contributed by atoms with Gasteiger partial charge in [0.15, 0.2) is 0 Å². The number of hydroxylamine groups is 2. The first-order chi connectivity index (χ1) is 8.25. The fraction of sp³-hybridized carbons (Fsp3) is 1.00. The molecule has 0 spiro atoms. The van der Waals surface area contributed by atoms with Gasteiger partial charge in [-0.25, -0.2) is 0 Å². The Hall–Kier alpha value is -0.0800. The molecule has 2 heteroatoms. The maximum atomic E-state index is 6.31. The van der Waals surface area contributed by atoms with E-state index in [0.29, 0.717) is 41.9 Å².